The first-order valence-corrected chi connectivity index (χ1v) is 9.57. The number of carbonyl (C=O) groups is 1. The molecule has 0 aromatic heterocycles. The van der Waals surface area contributed by atoms with Gasteiger partial charge in [0.05, 0.1) is 0 Å². The number of aliphatic imine (C=N–C) groups is 1. The lowest BCUT2D eigenvalue weighted by Crippen LogP contribution is -2.62. The monoisotopic (exact) mass is 356 g/mol. The zero-order chi connectivity index (χ0) is 18.1. The number of rotatable bonds is 3. The third-order valence-electron chi connectivity index (χ3n) is 5.81. The summed E-state index contributed by atoms with van der Waals surface area (Å²) in [5.41, 5.74) is 13.8. The normalized spacial score (nSPS) is 28.6. The van der Waals surface area contributed by atoms with E-state index in [0.29, 0.717) is 18.9 Å². The van der Waals surface area contributed by atoms with Crippen LogP contribution < -0.4 is 16.8 Å². The molecule has 0 radical (unpaired) electrons. The lowest BCUT2D eigenvalue weighted by Gasteiger charge is -2.43. The van der Waals surface area contributed by atoms with Crippen molar-refractivity contribution in [1.29, 1.82) is 0 Å². The number of likely N-dealkylation sites (tertiary alicyclic amines) is 1. The first-order valence-electron chi connectivity index (χ1n) is 9.57. The number of nitrogens with two attached hydrogens (primary N) is 2. The average Bonchev–Trinajstić information content (AvgIpc) is 3.06. The van der Waals surface area contributed by atoms with Gasteiger partial charge in [-0.3, -0.25) is 10.2 Å². The maximum Gasteiger partial charge on any atom is 0.326 e. The minimum atomic E-state index is -0.509. The molecule has 2 unspecified atom stereocenters. The van der Waals surface area contributed by atoms with Crippen LogP contribution in [0.1, 0.15) is 36.8 Å². The van der Waals surface area contributed by atoms with Crippen molar-refractivity contribution in [3.05, 3.63) is 35.4 Å². The zero-order valence-electron chi connectivity index (χ0n) is 15.2. The van der Waals surface area contributed by atoms with Crippen molar-refractivity contribution in [3.63, 3.8) is 0 Å². The Labute approximate surface area is 154 Å². The van der Waals surface area contributed by atoms with Crippen molar-refractivity contribution < 1.29 is 4.79 Å². The van der Waals surface area contributed by atoms with Crippen LogP contribution in [0.5, 0.6) is 0 Å². The molecule has 2 amide bonds. The van der Waals surface area contributed by atoms with Crippen molar-refractivity contribution in [1.82, 2.24) is 15.1 Å². The van der Waals surface area contributed by atoms with Gasteiger partial charge in [-0.25, -0.2) is 9.79 Å². The summed E-state index contributed by atoms with van der Waals surface area (Å²) in [5.74, 6) is 0.688. The number of amides is 2. The molecule has 5 N–H and O–H groups in total. The Morgan fingerprint density at radius 3 is 2.81 bits per heavy atom. The molecule has 7 heteroatoms. The molecular formula is C19H28N6O. The molecule has 140 valence electrons. The fraction of sp³-hybridized carbons (Fsp3) is 0.579. The van der Waals surface area contributed by atoms with Gasteiger partial charge in [0.25, 0.3) is 0 Å². The van der Waals surface area contributed by atoms with E-state index < -0.39 is 5.66 Å². The molecule has 0 bridgehead atoms. The molecule has 3 aliphatic heterocycles. The summed E-state index contributed by atoms with van der Waals surface area (Å²) in [6.07, 6.45) is 4.61. The molecule has 3 aliphatic rings. The second-order valence-corrected chi connectivity index (χ2v) is 7.60. The van der Waals surface area contributed by atoms with Gasteiger partial charge in [0.2, 0.25) is 5.96 Å². The minimum Gasteiger partial charge on any atom is -0.341 e. The molecule has 0 saturated carbocycles. The van der Waals surface area contributed by atoms with Gasteiger partial charge < -0.3 is 16.4 Å². The number of urea groups is 1. The third kappa shape index (κ3) is 3.05. The van der Waals surface area contributed by atoms with Crippen LogP contribution in [0, 0.1) is 0 Å². The summed E-state index contributed by atoms with van der Waals surface area (Å²) in [6.45, 7) is 2.87. The highest BCUT2D eigenvalue weighted by atomic mass is 16.2. The van der Waals surface area contributed by atoms with Gasteiger partial charge in [-0.15, -0.1) is 0 Å². The molecule has 2 atom stereocenters. The van der Waals surface area contributed by atoms with Crippen LogP contribution in [0.3, 0.4) is 0 Å². The van der Waals surface area contributed by atoms with Crippen LogP contribution in [-0.2, 0) is 13.0 Å². The van der Waals surface area contributed by atoms with E-state index in [0.717, 1.165) is 50.9 Å². The highest BCUT2D eigenvalue weighted by Gasteiger charge is 2.48. The van der Waals surface area contributed by atoms with Crippen LogP contribution in [0.15, 0.2) is 29.3 Å². The SMILES string of the molecule is NCc1ccccc1CC12CCCN1C(=O)NC(N1CCCC(N)C1)=N2. The molecular weight excluding hydrogens is 328 g/mol. The van der Waals surface area contributed by atoms with Gasteiger partial charge in [0.1, 0.15) is 5.66 Å². The largest absolute Gasteiger partial charge is 0.341 e. The number of guanidine groups is 1. The highest BCUT2D eigenvalue weighted by molar-refractivity contribution is 5.99. The Morgan fingerprint density at radius 2 is 2.04 bits per heavy atom. The van der Waals surface area contributed by atoms with E-state index in [2.05, 4.69) is 22.3 Å². The summed E-state index contributed by atoms with van der Waals surface area (Å²) >= 11 is 0. The number of benzene rings is 1. The van der Waals surface area contributed by atoms with Gasteiger partial charge in [0.15, 0.2) is 0 Å². The average molecular weight is 356 g/mol. The van der Waals surface area contributed by atoms with Crippen molar-refractivity contribution >= 4 is 12.0 Å². The lowest BCUT2D eigenvalue weighted by molar-refractivity contribution is 0.140. The molecule has 1 aromatic rings. The van der Waals surface area contributed by atoms with E-state index in [1.165, 1.54) is 5.56 Å². The highest BCUT2D eigenvalue weighted by Crippen LogP contribution is 2.37. The summed E-state index contributed by atoms with van der Waals surface area (Å²) < 4.78 is 0. The van der Waals surface area contributed by atoms with Crippen LogP contribution in [-0.4, -0.2) is 53.1 Å². The zero-order valence-corrected chi connectivity index (χ0v) is 15.2. The number of fused-ring (bicyclic) bond motifs is 1. The summed E-state index contributed by atoms with van der Waals surface area (Å²) in [7, 11) is 0. The van der Waals surface area contributed by atoms with E-state index in [1.54, 1.807) is 0 Å². The number of hydrogen-bond acceptors (Lipinski definition) is 5. The van der Waals surface area contributed by atoms with E-state index in [4.69, 9.17) is 16.5 Å². The fourth-order valence-electron chi connectivity index (χ4n) is 4.47. The molecule has 4 rings (SSSR count). The Kier molecular flexibility index (Phi) is 4.58. The molecule has 0 spiro atoms. The van der Waals surface area contributed by atoms with Crippen molar-refractivity contribution in [2.24, 2.45) is 16.5 Å². The number of carbonyl (C=O) groups excluding carboxylic acids is 1. The van der Waals surface area contributed by atoms with Gasteiger partial charge in [-0.05, 0) is 36.8 Å². The van der Waals surface area contributed by atoms with Gasteiger partial charge in [-0.2, -0.15) is 0 Å². The maximum absolute atomic E-state index is 12.8. The molecule has 7 nitrogen and oxygen atoms in total. The smallest absolute Gasteiger partial charge is 0.326 e. The fourth-order valence-corrected chi connectivity index (χ4v) is 4.47. The second kappa shape index (κ2) is 6.89. The lowest BCUT2D eigenvalue weighted by atomic mass is 9.93. The molecule has 3 heterocycles. The molecule has 0 aliphatic carbocycles. The number of nitrogens with zero attached hydrogens (tertiary/aromatic N) is 3. The summed E-state index contributed by atoms with van der Waals surface area (Å²) in [6, 6.07) is 8.29. The van der Waals surface area contributed by atoms with E-state index in [-0.39, 0.29) is 12.1 Å². The molecule has 26 heavy (non-hydrogen) atoms. The maximum atomic E-state index is 12.8. The second-order valence-electron chi connectivity index (χ2n) is 7.60. The van der Waals surface area contributed by atoms with Crippen molar-refractivity contribution in [2.75, 3.05) is 19.6 Å². The van der Waals surface area contributed by atoms with Crippen molar-refractivity contribution in [2.45, 2.75) is 50.4 Å². The van der Waals surface area contributed by atoms with Gasteiger partial charge >= 0.3 is 6.03 Å². The first kappa shape index (κ1) is 17.3. The Bertz CT molecular complexity index is 720. The third-order valence-corrected chi connectivity index (χ3v) is 5.81. The van der Waals surface area contributed by atoms with Crippen LogP contribution in [0.2, 0.25) is 0 Å². The minimum absolute atomic E-state index is 0.0446. The Hall–Kier alpha value is -2.12. The van der Waals surface area contributed by atoms with E-state index in [9.17, 15) is 4.79 Å². The number of hydrogen-bond donors (Lipinski definition) is 3. The predicted molar refractivity (Wildman–Crippen MR) is 101 cm³/mol. The van der Waals surface area contributed by atoms with Crippen molar-refractivity contribution in [3.8, 4) is 0 Å². The van der Waals surface area contributed by atoms with E-state index >= 15 is 0 Å². The summed E-state index contributed by atoms with van der Waals surface area (Å²) in [4.78, 5) is 21.9. The molecule has 2 fully saturated rings. The van der Waals surface area contributed by atoms with E-state index in [1.807, 2.05) is 17.0 Å². The molecule has 1 aromatic carbocycles. The number of piperidine rings is 1. The standard InChI is InChI=1S/C19H28N6O/c20-12-15-6-2-1-5-14(15)11-19-8-4-10-25(19)18(26)22-17(23-19)24-9-3-7-16(21)13-24/h1-2,5-6,16H,3-4,7-13,20-21H2,(H,22,23,26). The topological polar surface area (TPSA) is 100.0 Å². The first-order chi connectivity index (χ1) is 12.6. The predicted octanol–water partition coefficient (Wildman–Crippen LogP) is 0.982. The van der Waals surface area contributed by atoms with Gasteiger partial charge in [0, 0.05) is 38.6 Å². The van der Waals surface area contributed by atoms with Gasteiger partial charge in [-0.1, -0.05) is 24.3 Å². The van der Waals surface area contributed by atoms with Crippen LogP contribution >= 0.6 is 0 Å². The molecule has 2 saturated heterocycles. The Morgan fingerprint density at radius 1 is 1.23 bits per heavy atom. The number of nitrogens with one attached hydrogen (secondary N) is 1. The summed E-state index contributed by atoms with van der Waals surface area (Å²) in [5, 5.41) is 3.00. The Balaban J connectivity index is 1.68. The van der Waals surface area contributed by atoms with Crippen LogP contribution in [0.4, 0.5) is 4.79 Å². The quantitative estimate of drug-likeness (QED) is 0.752. The van der Waals surface area contributed by atoms with Crippen LogP contribution in [0.25, 0.3) is 0 Å².